The maximum absolute atomic E-state index is 11.6. The lowest BCUT2D eigenvalue weighted by atomic mass is 9.90. The number of ether oxygens (including phenoxy) is 1. The molecule has 0 aromatic carbocycles. The lowest BCUT2D eigenvalue weighted by Gasteiger charge is -2.33. The Morgan fingerprint density at radius 1 is 1.38 bits per heavy atom. The maximum atomic E-state index is 11.6. The summed E-state index contributed by atoms with van der Waals surface area (Å²) in [5, 5.41) is 11.8. The van der Waals surface area contributed by atoms with Gasteiger partial charge in [-0.1, -0.05) is 13.3 Å². The Labute approximate surface area is 95.2 Å². The molecule has 92 valence electrons. The molecule has 2 N–H and O–H groups in total. The molecular weight excluding hydrogens is 210 g/mol. The van der Waals surface area contributed by atoms with E-state index >= 15 is 0 Å². The number of carboxylic acid groups (broad SMARTS) is 1. The largest absolute Gasteiger partial charge is 0.480 e. The zero-order valence-corrected chi connectivity index (χ0v) is 9.62. The van der Waals surface area contributed by atoms with Crippen LogP contribution in [0.25, 0.3) is 0 Å². The van der Waals surface area contributed by atoms with E-state index in [0.717, 1.165) is 12.8 Å². The highest BCUT2D eigenvalue weighted by Gasteiger charge is 2.41. The summed E-state index contributed by atoms with van der Waals surface area (Å²) in [7, 11) is 0. The van der Waals surface area contributed by atoms with Crippen molar-refractivity contribution in [3.05, 3.63) is 0 Å². The van der Waals surface area contributed by atoms with Crippen LogP contribution < -0.4 is 5.32 Å². The number of nitrogens with one attached hydrogen (secondary N) is 1. The smallest absolute Gasteiger partial charge is 0.329 e. The van der Waals surface area contributed by atoms with Crippen molar-refractivity contribution in [1.29, 1.82) is 0 Å². The van der Waals surface area contributed by atoms with E-state index in [1.54, 1.807) is 0 Å². The van der Waals surface area contributed by atoms with Crippen LogP contribution in [-0.4, -0.2) is 35.7 Å². The Kier molecular flexibility index (Phi) is 4.73. The minimum Gasteiger partial charge on any atom is -0.480 e. The van der Waals surface area contributed by atoms with Crippen LogP contribution in [-0.2, 0) is 14.3 Å². The fourth-order valence-corrected chi connectivity index (χ4v) is 1.78. The maximum Gasteiger partial charge on any atom is 0.329 e. The first kappa shape index (κ1) is 13.0. The Morgan fingerprint density at radius 3 is 2.50 bits per heavy atom. The quantitative estimate of drug-likeness (QED) is 0.735. The number of carbonyl (C=O) groups is 2. The molecule has 0 aliphatic carbocycles. The average Bonchev–Trinajstić information content (AvgIpc) is 2.27. The molecule has 1 amide bonds. The van der Waals surface area contributed by atoms with Crippen LogP contribution in [0.1, 0.15) is 39.0 Å². The molecule has 1 rings (SSSR count). The van der Waals surface area contributed by atoms with E-state index in [-0.39, 0.29) is 5.91 Å². The van der Waals surface area contributed by atoms with Gasteiger partial charge >= 0.3 is 5.97 Å². The van der Waals surface area contributed by atoms with Gasteiger partial charge in [-0.2, -0.15) is 0 Å². The van der Waals surface area contributed by atoms with Gasteiger partial charge in [0.1, 0.15) is 5.54 Å². The summed E-state index contributed by atoms with van der Waals surface area (Å²) in [4.78, 5) is 22.8. The second-order valence-corrected chi connectivity index (χ2v) is 4.15. The number of rotatable bonds is 5. The van der Waals surface area contributed by atoms with Gasteiger partial charge in [0.2, 0.25) is 5.91 Å². The second-order valence-electron chi connectivity index (χ2n) is 4.15. The van der Waals surface area contributed by atoms with Gasteiger partial charge in [-0.05, 0) is 6.42 Å². The lowest BCUT2D eigenvalue weighted by molar-refractivity contribution is -0.152. The van der Waals surface area contributed by atoms with Gasteiger partial charge in [0.25, 0.3) is 0 Å². The summed E-state index contributed by atoms with van der Waals surface area (Å²) in [5.41, 5.74) is -1.11. The molecule has 1 heterocycles. The molecule has 5 nitrogen and oxygen atoms in total. The molecule has 0 aromatic heterocycles. The number of unbranched alkanes of at least 4 members (excludes halogenated alkanes) is 1. The zero-order chi connectivity index (χ0) is 12.0. The predicted octanol–water partition coefficient (Wildman–Crippen LogP) is 0.927. The number of aliphatic carboxylic acids is 1. The molecule has 1 saturated heterocycles. The minimum atomic E-state index is -1.11. The van der Waals surface area contributed by atoms with E-state index < -0.39 is 11.5 Å². The Bertz CT molecular complexity index is 259. The predicted molar refractivity (Wildman–Crippen MR) is 58.1 cm³/mol. The topological polar surface area (TPSA) is 75.6 Å². The van der Waals surface area contributed by atoms with Crippen molar-refractivity contribution >= 4 is 11.9 Å². The normalized spacial score (nSPS) is 19.1. The van der Waals surface area contributed by atoms with Crippen molar-refractivity contribution in [2.24, 2.45) is 0 Å². The molecule has 0 atom stereocenters. The molecule has 0 spiro atoms. The summed E-state index contributed by atoms with van der Waals surface area (Å²) < 4.78 is 5.12. The van der Waals surface area contributed by atoms with Crippen LogP contribution in [0.2, 0.25) is 0 Å². The number of hydrogen-bond acceptors (Lipinski definition) is 3. The number of hydrogen-bond donors (Lipinski definition) is 2. The molecule has 1 fully saturated rings. The van der Waals surface area contributed by atoms with Crippen molar-refractivity contribution in [2.75, 3.05) is 13.2 Å². The van der Waals surface area contributed by atoms with E-state index in [2.05, 4.69) is 5.32 Å². The molecule has 0 unspecified atom stereocenters. The molecule has 5 heteroatoms. The van der Waals surface area contributed by atoms with Crippen molar-refractivity contribution in [3.63, 3.8) is 0 Å². The number of carboxylic acids is 1. The number of amides is 1. The fourth-order valence-electron chi connectivity index (χ4n) is 1.78. The third kappa shape index (κ3) is 3.20. The van der Waals surface area contributed by atoms with E-state index in [4.69, 9.17) is 4.74 Å². The fraction of sp³-hybridized carbons (Fsp3) is 0.818. The average molecular weight is 229 g/mol. The SMILES string of the molecule is CCCCC(=O)NC1(C(=O)O)CCOCC1. The summed E-state index contributed by atoms with van der Waals surface area (Å²) in [6.07, 6.45) is 2.81. The van der Waals surface area contributed by atoms with Crippen LogP contribution in [0.3, 0.4) is 0 Å². The number of carbonyl (C=O) groups excluding carboxylic acids is 1. The van der Waals surface area contributed by atoms with Gasteiger partial charge < -0.3 is 15.2 Å². The minimum absolute atomic E-state index is 0.175. The summed E-state index contributed by atoms with van der Waals surface area (Å²) in [6.45, 7) is 2.77. The van der Waals surface area contributed by atoms with Gasteiger partial charge in [0.05, 0.1) is 0 Å². The lowest BCUT2D eigenvalue weighted by Crippen LogP contribution is -2.57. The highest BCUT2D eigenvalue weighted by atomic mass is 16.5. The van der Waals surface area contributed by atoms with Gasteiger partial charge in [-0.25, -0.2) is 4.79 Å². The highest BCUT2D eigenvalue weighted by Crippen LogP contribution is 2.21. The molecule has 0 aromatic rings. The second kappa shape index (κ2) is 5.84. The summed E-state index contributed by atoms with van der Waals surface area (Å²) >= 11 is 0. The van der Waals surface area contributed by atoms with Crippen molar-refractivity contribution in [2.45, 2.75) is 44.6 Å². The molecule has 0 saturated carbocycles. The first-order chi connectivity index (χ1) is 7.60. The molecule has 16 heavy (non-hydrogen) atoms. The van der Waals surface area contributed by atoms with Gasteiger partial charge in [0, 0.05) is 32.5 Å². The Balaban J connectivity index is 2.56. The van der Waals surface area contributed by atoms with Crippen LogP contribution in [0, 0.1) is 0 Å². The van der Waals surface area contributed by atoms with E-state index in [1.807, 2.05) is 6.92 Å². The first-order valence-electron chi connectivity index (χ1n) is 5.73. The van der Waals surface area contributed by atoms with Crippen LogP contribution in [0.15, 0.2) is 0 Å². The Hall–Kier alpha value is -1.10. The van der Waals surface area contributed by atoms with Crippen molar-refractivity contribution < 1.29 is 19.4 Å². The molecule has 0 bridgehead atoms. The van der Waals surface area contributed by atoms with E-state index in [1.165, 1.54) is 0 Å². The third-order valence-corrected chi connectivity index (χ3v) is 2.89. The van der Waals surface area contributed by atoms with Crippen LogP contribution in [0.4, 0.5) is 0 Å². The van der Waals surface area contributed by atoms with Gasteiger partial charge in [0.15, 0.2) is 0 Å². The van der Waals surface area contributed by atoms with E-state index in [0.29, 0.717) is 32.5 Å². The zero-order valence-electron chi connectivity index (χ0n) is 9.62. The molecule has 0 radical (unpaired) electrons. The van der Waals surface area contributed by atoms with Crippen LogP contribution >= 0.6 is 0 Å². The third-order valence-electron chi connectivity index (χ3n) is 2.89. The van der Waals surface area contributed by atoms with Gasteiger partial charge in [-0.3, -0.25) is 4.79 Å². The monoisotopic (exact) mass is 229 g/mol. The summed E-state index contributed by atoms with van der Waals surface area (Å²) in [6, 6.07) is 0. The molecular formula is C11H19NO4. The molecule has 1 aliphatic heterocycles. The van der Waals surface area contributed by atoms with Gasteiger partial charge in [-0.15, -0.1) is 0 Å². The Morgan fingerprint density at radius 2 is 2.00 bits per heavy atom. The van der Waals surface area contributed by atoms with E-state index in [9.17, 15) is 14.7 Å². The summed E-state index contributed by atoms with van der Waals surface area (Å²) in [5.74, 6) is -1.13. The van der Waals surface area contributed by atoms with Crippen molar-refractivity contribution in [1.82, 2.24) is 5.32 Å². The van der Waals surface area contributed by atoms with Crippen molar-refractivity contribution in [3.8, 4) is 0 Å². The first-order valence-corrected chi connectivity index (χ1v) is 5.73. The standard InChI is InChI=1S/C11H19NO4/c1-2-3-4-9(13)12-11(10(14)15)5-7-16-8-6-11/h2-8H2,1H3,(H,12,13)(H,14,15). The van der Waals surface area contributed by atoms with Crippen LogP contribution in [0.5, 0.6) is 0 Å². The molecule has 1 aliphatic rings. The highest BCUT2D eigenvalue weighted by molar-refractivity contribution is 5.87.